The average molecular weight is 305 g/mol. The summed E-state index contributed by atoms with van der Waals surface area (Å²) in [6, 6.07) is 6.92. The van der Waals surface area contributed by atoms with Gasteiger partial charge in [0.1, 0.15) is 0 Å². The second-order valence-electron chi connectivity index (χ2n) is 5.13. The number of carbonyl (C=O) groups excluding carboxylic acids is 1. The van der Waals surface area contributed by atoms with Crippen molar-refractivity contribution in [1.82, 2.24) is 10.3 Å². The number of benzene rings is 1. The van der Waals surface area contributed by atoms with Crippen LogP contribution in [0, 0.1) is 5.92 Å². The van der Waals surface area contributed by atoms with E-state index in [0.29, 0.717) is 5.13 Å². The van der Waals surface area contributed by atoms with Crippen LogP contribution in [0.2, 0.25) is 0 Å². The SMILES string of the molecule is O=C(O)CC(NC(=O)Nc1nc2ccccc2s1)C1CC1. The van der Waals surface area contributed by atoms with Crippen LogP contribution in [0.3, 0.4) is 0 Å². The van der Waals surface area contributed by atoms with Crippen molar-refractivity contribution in [2.45, 2.75) is 25.3 Å². The van der Waals surface area contributed by atoms with Crippen LogP contribution in [0.15, 0.2) is 24.3 Å². The Bertz CT molecular complexity index is 648. The fourth-order valence-corrected chi connectivity index (χ4v) is 3.11. The Morgan fingerprint density at radius 3 is 2.81 bits per heavy atom. The number of nitrogens with one attached hydrogen (secondary N) is 2. The Kier molecular flexibility index (Phi) is 3.74. The standard InChI is InChI=1S/C14H15N3O3S/c18-12(19)7-10(8-5-6-8)15-13(20)17-14-16-9-3-1-2-4-11(9)21-14/h1-4,8,10H,5-7H2,(H,18,19)(H2,15,16,17,20). The van der Waals surface area contributed by atoms with Gasteiger partial charge in [0.15, 0.2) is 5.13 Å². The minimum absolute atomic E-state index is 0.0437. The van der Waals surface area contributed by atoms with E-state index in [1.165, 1.54) is 11.3 Å². The summed E-state index contributed by atoms with van der Waals surface area (Å²) in [4.78, 5) is 27.1. The molecule has 110 valence electrons. The fourth-order valence-electron chi connectivity index (χ4n) is 2.25. The van der Waals surface area contributed by atoms with E-state index in [9.17, 15) is 9.59 Å². The first-order chi connectivity index (χ1) is 10.1. The van der Waals surface area contributed by atoms with Gasteiger partial charge in [0.25, 0.3) is 0 Å². The Morgan fingerprint density at radius 2 is 2.14 bits per heavy atom. The van der Waals surface area contributed by atoms with Crippen molar-refractivity contribution in [2.24, 2.45) is 5.92 Å². The van der Waals surface area contributed by atoms with Crippen molar-refractivity contribution in [2.75, 3.05) is 5.32 Å². The molecule has 1 aliphatic rings. The molecule has 1 heterocycles. The number of fused-ring (bicyclic) bond motifs is 1. The lowest BCUT2D eigenvalue weighted by atomic mass is 10.1. The first kappa shape index (κ1) is 13.8. The number of carboxylic acid groups (broad SMARTS) is 1. The smallest absolute Gasteiger partial charge is 0.321 e. The number of aliphatic carboxylic acids is 1. The molecule has 3 rings (SSSR count). The van der Waals surface area contributed by atoms with Crippen LogP contribution in [0.1, 0.15) is 19.3 Å². The highest BCUT2D eigenvalue weighted by Crippen LogP contribution is 2.34. The van der Waals surface area contributed by atoms with Crippen LogP contribution < -0.4 is 10.6 Å². The molecule has 1 unspecified atom stereocenters. The summed E-state index contributed by atoms with van der Waals surface area (Å²) in [7, 11) is 0. The molecule has 1 fully saturated rings. The second-order valence-corrected chi connectivity index (χ2v) is 6.16. The van der Waals surface area contributed by atoms with E-state index in [1.54, 1.807) is 0 Å². The van der Waals surface area contributed by atoms with Crippen LogP contribution in [-0.2, 0) is 4.79 Å². The van der Waals surface area contributed by atoms with E-state index in [1.807, 2.05) is 24.3 Å². The number of nitrogens with zero attached hydrogens (tertiary/aromatic N) is 1. The molecule has 1 aromatic heterocycles. The number of rotatable bonds is 5. The van der Waals surface area contributed by atoms with E-state index >= 15 is 0 Å². The highest BCUT2D eigenvalue weighted by molar-refractivity contribution is 7.22. The molecule has 0 saturated heterocycles. The molecule has 7 heteroatoms. The monoisotopic (exact) mass is 305 g/mol. The minimum atomic E-state index is -0.896. The van der Waals surface area contributed by atoms with E-state index in [2.05, 4.69) is 15.6 Å². The lowest BCUT2D eigenvalue weighted by Gasteiger charge is -2.15. The molecule has 0 radical (unpaired) electrons. The fraction of sp³-hybridized carbons (Fsp3) is 0.357. The van der Waals surface area contributed by atoms with E-state index in [4.69, 9.17) is 5.11 Å². The van der Waals surface area contributed by atoms with Crippen molar-refractivity contribution in [1.29, 1.82) is 0 Å². The molecular formula is C14H15N3O3S. The van der Waals surface area contributed by atoms with Crippen molar-refractivity contribution in [3.63, 3.8) is 0 Å². The number of anilines is 1. The number of carbonyl (C=O) groups is 2. The summed E-state index contributed by atoms with van der Waals surface area (Å²) < 4.78 is 0.997. The van der Waals surface area contributed by atoms with E-state index < -0.39 is 12.0 Å². The quantitative estimate of drug-likeness (QED) is 0.792. The zero-order valence-electron chi connectivity index (χ0n) is 11.2. The topological polar surface area (TPSA) is 91.3 Å². The molecule has 1 aromatic carbocycles. The normalized spacial score (nSPS) is 15.6. The number of carboxylic acids is 1. The third-order valence-corrected chi connectivity index (χ3v) is 4.37. The van der Waals surface area contributed by atoms with Gasteiger partial charge in [-0.3, -0.25) is 10.1 Å². The third kappa shape index (κ3) is 3.49. The van der Waals surface area contributed by atoms with Gasteiger partial charge < -0.3 is 10.4 Å². The Balaban J connectivity index is 1.63. The third-order valence-electron chi connectivity index (χ3n) is 3.42. The maximum Gasteiger partial charge on any atom is 0.321 e. The van der Waals surface area contributed by atoms with Gasteiger partial charge in [0.05, 0.1) is 16.6 Å². The van der Waals surface area contributed by atoms with Crippen LogP contribution in [-0.4, -0.2) is 28.1 Å². The predicted octanol–water partition coefficient (Wildman–Crippen LogP) is 2.67. The van der Waals surface area contributed by atoms with Crippen LogP contribution in [0.5, 0.6) is 0 Å². The summed E-state index contributed by atoms with van der Waals surface area (Å²) >= 11 is 1.39. The lowest BCUT2D eigenvalue weighted by molar-refractivity contribution is -0.137. The van der Waals surface area contributed by atoms with Gasteiger partial charge in [-0.25, -0.2) is 9.78 Å². The Hall–Kier alpha value is -2.15. The zero-order valence-corrected chi connectivity index (χ0v) is 12.0. The van der Waals surface area contributed by atoms with E-state index in [0.717, 1.165) is 23.1 Å². The molecule has 2 amide bonds. The number of amides is 2. The molecule has 6 nitrogen and oxygen atoms in total. The first-order valence-electron chi connectivity index (χ1n) is 6.76. The molecule has 1 atom stereocenters. The van der Waals surface area contributed by atoms with Gasteiger partial charge in [-0.2, -0.15) is 0 Å². The van der Waals surface area contributed by atoms with Gasteiger partial charge in [-0.1, -0.05) is 23.5 Å². The summed E-state index contributed by atoms with van der Waals surface area (Å²) in [6.07, 6.45) is 1.90. The van der Waals surface area contributed by atoms with E-state index in [-0.39, 0.29) is 18.4 Å². The molecule has 0 bridgehead atoms. The van der Waals surface area contributed by atoms with Crippen LogP contribution >= 0.6 is 11.3 Å². The van der Waals surface area contributed by atoms with Gasteiger partial charge in [0, 0.05) is 6.04 Å². The van der Waals surface area contributed by atoms with Gasteiger partial charge in [-0.15, -0.1) is 0 Å². The molecule has 21 heavy (non-hydrogen) atoms. The minimum Gasteiger partial charge on any atom is -0.481 e. The van der Waals surface area contributed by atoms with Gasteiger partial charge >= 0.3 is 12.0 Å². The molecule has 1 aliphatic carbocycles. The number of urea groups is 1. The molecule has 0 spiro atoms. The summed E-state index contributed by atoms with van der Waals surface area (Å²) in [5.74, 6) is -0.616. The highest BCUT2D eigenvalue weighted by atomic mass is 32.1. The summed E-state index contributed by atoms with van der Waals surface area (Å²) in [5, 5.41) is 14.8. The van der Waals surface area contributed by atoms with Gasteiger partial charge in [0.2, 0.25) is 0 Å². The predicted molar refractivity (Wildman–Crippen MR) is 80.5 cm³/mol. The Labute approximate surface area is 125 Å². The van der Waals surface area contributed by atoms with Crippen molar-refractivity contribution in [3.05, 3.63) is 24.3 Å². The van der Waals surface area contributed by atoms with Crippen molar-refractivity contribution < 1.29 is 14.7 Å². The number of hydrogen-bond donors (Lipinski definition) is 3. The summed E-state index contributed by atoms with van der Waals surface area (Å²) in [5.41, 5.74) is 0.835. The maximum atomic E-state index is 12.0. The number of hydrogen-bond acceptors (Lipinski definition) is 4. The highest BCUT2D eigenvalue weighted by Gasteiger charge is 2.33. The first-order valence-corrected chi connectivity index (χ1v) is 7.58. The average Bonchev–Trinajstić information content (AvgIpc) is 3.18. The number of thiazole rings is 1. The number of aromatic nitrogens is 1. The van der Waals surface area contributed by atoms with Crippen molar-refractivity contribution >= 4 is 38.7 Å². The molecule has 0 aliphatic heterocycles. The van der Waals surface area contributed by atoms with Crippen molar-refractivity contribution in [3.8, 4) is 0 Å². The molecule has 1 saturated carbocycles. The van der Waals surface area contributed by atoms with Crippen LogP contribution in [0.25, 0.3) is 10.2 Å². The summed E-state index contributed by atoms with van der Waals surface area (Å²) in [6.45, 7) is 0. The lowest BCUT2D eigenvalue weighted by Crippen LogP contribution is -2.40. The molecular weight excluding hydrogens is 290 g/mol. The van der Waals surface area contributed by atoms with Gasteiger partial charge in [-0.05, 0) is 30.9 Å². The Morgan fingerprint density at radius 1 is 1.38 bits per heavy atom. The number of para-hydroxylation sites is 1. The largest absolute Gasteiger partial charge is 0.481 e. The second kappa shape index (κ2) is 5.69. The zero-order chi connectivity index (χ0) is 14.8. The molecule has 2 aromatic rings. The van der Waals surface area contributed by atoms with Crippen LogP contribution in [0.4, 0.5) is 9.93 Å². The molecule has 3 N–H and O–H groups in total. The maximum absolute atomic E-state index is 12.0.